The van der Waals surface area contributed by atoms with Gasteiger partial charge in [-0.2, -0.15) is 0 Å². The van der Waals surface area contributed by atoms with Crippen molar-refractivity contribution < 1.29 is 9.90 Å². The monoisotopic (exact) mass is 152 g/mol. The summed E-state index contributed by atoms with van der Waals surface area (Å²) >= 11 is 0. The number of hydrogen-bond acceptors (Lipinski definition) is 1. The molecule has 32 valence electrons. The molecule has 0 fully saturated rings. The van der Waals surface area contributed by atoms with Gasteiger partial charge >= 0.3 is 5.97 Å². The Morgan fingerprint density at radius 3 is 1.71 bits per heavy atom. The Balaban J connectivity index is -0.0000000800. The summed E-state index contributed by atoms with van der Waals surface area (Å²) in [6.07, 6.45) is 0.222. The zero-order valence-electron chi connectivity index (χ0n) is 5.06. The minimum atomic E-state index is -0.745. The molecular weight excluding hydrogens is 146 g/mol. The normalized spacial score (nSPS) is 5.29. The number of rotatable bonds is 1. The van der Waals surface area contributed by atoms with Crippen LogP contribution in [0.25, 0.3) is 0 Å². The van der Waals surface area contributed by atoms with Gasteiger partial charge in [-0.1, -0.05) is 6.92 Å². The first-order chi connectivity index (χ1) is 2.27. The Kier molecular flexibility index (Phi) is 27.0. The van der Waals surface area contributed by atoms with Crippen molar-refractivity contribution in [3.05, 3.63) is 0 Å². The van der Waals surface area contributed by atoms with Crippen molar-refractivity contribution in [2.75, 3.05) is 0 Å². The molecule has 0 aromatic carbocycles. The van der Waals surface area contributed by atoms with E-state index < -0.39 is 5.97 Å². The Labute approximate surface area is 128 Å². The van der Waals surface area contributed by atoms with E-state index in [0.29, 0.717) is 0 Å². The predicted molar refractivity (Wildman–Crippen MR) is 29.4 cm³/mol. The van der Waals surface area contributed by atoms with Gasteiger partial charge in [0.25, 0.3) is 0 Å². The maximum absolute atomic E-state index is 9.37. The number of carbonyl (C=O) groups is 1. The van der Waals surface area contributed by atoms with Gasteiger partial charge in [0.2, 0.25) is 0 Å². The van der Waals surface area contributed by atoms with Gasteiger partial charge in [-0.15, -0.1) is 0 Å². The molecule has 0 aliphatic rings. The summed E-state index contributed by atoms with van der Waals surface area (Å²) in [5.41, 5.74) is 0. The molecule has 0 saturated heterocycles. The summed E-state index contributed by atoms with van der Waals surface area (Å²) in [6, 6.07) is 0. The summed E-state index contributed by atoms with van der Waals surface area (Å²) in [6.45, 7) is 1.60. The second kappa shape index (κ2) is 11.5. The van der Waals surface area contributed by atoms with Crippen LogP contribution in [-0.4, -0.2) is 114 Å². The number of carboxylic acids is 1. The molecule has 7 heavy (non-hydrogen) atoms. The zero-order chi connectivity index (χ0) is 4.28. The van der Waals surface area contributed by atoms with Crippen LogP contribution in [0, 0.1) is 0 Å². The SMILES string of the molecule is CCC(=O)O.[K].[K]. The second-order valence-electron chi connectivity index (χ2n) is 0.747. The van der Waals surface area contributed by atoms with E-state index in [1.807, 2.05) is 0 Å². The molecule has 0 aliphatic carbocycles. The van der Waals surface area contributed by atoms with Crippen molar-refractivity contribution in [2.45, 2.75) is 13.3 Å². The molecular formula is C3H6K2O2. The van der Waals surface area contributed by atoms with Gasteiger partial charge in [0.05, 0.1) is 0 Å². The summed E-state index contributed by atoms with van der Waals surface area (Å²) in [5.74, 6) is -0.745. The molecule has 0 aromatic heterocycles. The van der Waals surface area contributed by atoms with Gasteiger partial charge in [0, 0.05) is 109 Å². The summed E-state index contributed by atoms with van der Waals surface area (Å²) in [7, 11) is 0. The molecule has 0 heterocycles. The van der Waals surface area contributed by atoms with Gasteiger partial charge in [0.15, 0.2) is 0 Å². The molecule has 2 nitrogen and oxygen atoms in total. The van der Waals surface area contributed by atoms with Crippen LogP contribution in [0.15, 0.2) is 0 Å². The van der Waals surface area contributed by atoms with Gasteiger partial charge in [-0.25, -0.2) is 0 Å². The zero-order valence-corrected chi connectivity index (χ0v) is 11.3. The average molecular weight is 152 g/mol. The van der Waals surface area contributed by atoms with Crippen molar-refractivity contribution in [1.29, 1.82) is 0 Å². The molecule has 0 bridgehead atoms. The van der Waals surface area contributed by atoms with Crippen molar-refractivity contribution in [3.63, 3.8) is 0 Å². The van der Waals surface area contributed by atoms with Crippen LogP contribution in [0.4, 0.5) is 0 Å². The minimum absolute atomic E-state index is 0. The number of hydrogen-bond donors (Lipinski definition) is 1. The van der Waals surface area contributed by atoms with Gasteiger partial charge in [-0.05, 0) is 0 Å². The third kappa shape index (κ3) is 17.7. The third-order valence-electron chi connectivity index (χ3n) is 0.302. The fraction of sp³-hybridized carbons (Fsp3) is 0.667. The van der Waals surface area contributed by atoms with E-state index in [9.17, 15) is 4.79 Å². The van der Waals surface area contributed by atoms with E-state index in [1.54, 1.807) is 6.92 Å². The Bertz CT molecular complexity index is 46.2. The van der Waals surface area contributed by atoms with E-state index in [0.717, 1.165) is 0 Å². The molecule has 0 atom stereocenters. The van der Waals surface area contributed by atoms with Crippen molar-refractivity contribution in [1.82, 2.24) is 0 Å². The molecule has 1 N–H and O–H groups in total. The standard InChI is InChI=1S/C3H6O2.2K/c1-2-3(4)5;;/h2H2,1H3,(H,4,5);;. The van der Waals surface area contributed by atoms with Crippen LogP contribution in [0.3, 0.4) is 0 Å². The van der Waals surface area contributed by atoms with Crippen LogP contribution in [0.1, 0.15) is 13.3 Å². The van der Waals surface area contributed by atoms with Crippen molar-refractivity contribution >= 4 is 109 Å². The molecule has 0 unspecified atom stereocenters. The van der Waals surface area contributed by atoms with Crippen LogP contribution in [-0.2, 0) is 4.79 Å². The molecule has 0 spiro atoms. The quantitative estimate of drug-likeness (QED) is 0.525. The Morgan fingerprint density at radius 1 is 1.57 bits per heavy atom. The van der Waals surface area contributed by atoms with Gasteiger partial charge < -0.3 is 5.11 Å². The summed E-state index contributed by atoms with van der Waals surface area (Å²) < 4.78 is 0. The van der Waals surface area contributed by atoms with Crippen molar-refractivity contribution in [3.8, 4) is 0 Å². The fourth-order valence-electron chi connectivity index (χ4n) is 0. The van der Waals surface area contributed by atoms with Crippen LogP contribution in [0.5, 0.6) is 0 Å². The topological polar surface area (TPSA) is 37.3 Å². The second-order valence-corrected chi connectivity index (χ2v) is 0.747. The van der Waals surface area contributed by atoms with Gasteiger partial charge in [0.1, 0.15) is 0 Å². The van der Waals surface area contributed by atoms with E-state index in [1.165, 1.54) is 0 Å². The predicted octanol–water partition coefficient (Wildman–Crippen LogP) is -0.281. The maximum atomic E-state index is 9.37. The molecule has 0 saturated carbocycles. The van der Waals surface area contributed by atoms with Crippen LogP contribution < -0.4 is 0 Å². The Morgan fingerprint density at radius 2 is 1.71 bits per heavy atom. The van der Waals surface area contributed by atoms with Crippen LogP contribution in [0.2, 0.25) is 0 Å². The van der Waals surface area contributed by atoms with E-state index >= 15 is 0 Å². The molecule has 0 aromatic rings. The third-order valence-corrected chi connectivity index (χ3v) is 0.302. The molecule has 0 amide bonds. The molecule has 0 rings (SSSR count). The van der Waals surface area contributed by atoms with E-state index in [-0.39, 0.29) is 109 Å². The fourth-order valence-corrected chi connectivity index (χ4v) is 0. The summed E-state index contributed by atoms with van der Waals surface area (Å²) in [5, 5.41) is 7.72. The Hall–Kier alpha value is 2.74. The summed E-state index contributed by atoms with van der Waals surface area (Å²) in [4.78, 5) is 9.37. The average Bonchev–Trinajstić information content (AvgIpc) is 1.38. The maximum Gasteiger partial charge on any atom is 0.303 e. The number of aliphatic carboxylic acids is 1. The van der Waals surface area contributed by atoms with Gasteiger partial charge in [-0.3, -0.25) is 4.79 Å². The van der Waals surface area contributed by atoms with Crippen molar-refractivity contribution in [2.24, 2.45) is 0 Å². The minimum Gasteiger partial charge on any atom is -0.481 e. The molecule has 4 heteroatoms. The van der Waals surface area contributed by atoms with Crippen LogP contribution >= 0.6 is 0 Å². The van der Waals surface area contributed by atoms with E-state index in [4.69, 9.17) is 5.11 Å². The molecule has 0 aliphatic heterocycles. The first kappa shape index (κ1) is 16.4. The first-order valence-electron chi connectivity index (χ1n) is 1.49. The van der Waals surface area contributed by atoms with E-state index in [2.05, 4.69) is 0 Å². The molecule has 2 radical (unpaired) electrons. The smallest absolute Gasteiger partial charge is 0.303 e. The number of carboxylic acid groups (broad SMARTS) is 1. The largest absolute Gasteiger partial charge is 0.481 e. The first-order valence-corrected chi connectivity index (χ1v) is 1.49.